The van der Waals surface area contributed by atoms with Crippen LogP contribution < -0.4 is 5.73 Å². The highest BCUT2D eigenvalue weighted by Gasteiger charge is 2.24. The molecule has 1 aromatic carbocycles. The topological polar surface area (TPSA) is 85.3 Å². The molecule has 0 bridgehead atoms. The number of nitrogens with zero attached hydrogens (tertiary/aromatic N) is 1. The number of hydrogen-bond acceptors (Lipinski definition) is 4. The van der Waals surface area contributed by atoms with E-state index in [0.29, 0.717) is 11.8 Å². The van der Waals surface area contributed by atoms with Crippen molar-refractivity contribution in [1.82, 2.24) is 3.97 Å². The maximum absolute atomic E-state index is 13.7. The Hall–Kier alpha value is -1.77. The van der Waals surface area contributed by atoms with Crippen LogP contribution in [0.2, 0.25) is 0 Å². The van der Waals surface area contributed by atoms with Crippen molar-refractivity contribution in [3.63, 3.8) is 0 Å². The zero-order chi connectivity index (χ0) is 15.6. The van der Waals surface area contributed by atoms with Gasteiger partial charge in [-0.15, -0.1) is 0 Å². The minimum atomic E-state index is -4.19. The molecule has 1 unspecified atom stereocenters. The summed E-state index contributed by atoms with van der Waals surface area (Å²) in [6.45, 7) is -0.309. The van der Waals surface area contributed by atoms with E-state index in [4.69, 9.17) is 10.8 Å². The van der Waals surface area contributed by atoms with Gasteiger partial charge < -0.3 is 10.8 Å². The molecule has 0 amide bonds. The van der Waals surface area contributed by atoms with Crippen LogP contribution in [-0.2, 0) is 16.4 Å². The van der Waals surface area contributed by atoms with Gasteiger partial charge in [-0.05, 0) is 24.3 Å². The van der Waals surface area contributed by atoms with E-state index in [2.05, 4.69) is 0 Å². The van der Waals surface area contributed by atoms with Crippen LogP contribution in [0.15, 0.2) is 41.4 Å². The molecule has 114 valence electrons. The Labute approximate surface area is 120 Å². The highest BCUT2D eigenvalue weighted by molar-refractivity contribution is 7.90. The molecule has 1 aromatic heterocycles. The monoisotopic (exact) mass is 316 g/mol. The number of rotatable bonds is 5. The van der Waals surface area contributed by atoms with Crippen LogP contribution in [0, 0.1) is 11.6 Å². The van der Waals surface area contributed by atoms with E-state index in [-0.39, 0.29) is 13.0 Å². The Morgan fingerprint density at radius 1 is 1.29 bits per heavy atom. The molecule has 8 heteroatoms. The highest BCUT2D eigenvalue weighted by atomic mass is 32.2. The first kappa shape index (κ1) is 15.6. The second kappa shape index (κ2) is 5.92. The van der Waals surface area contributed by atoms with E-state index < -0.39 is 32.6 Å². The zero-order valence-corrected chi connectivity index (χ0v) is 11.7. The zero-order valence-electron chi connectivity index (χ0n) is 10.9. The molecule has 5 nitrogen and oxygen atoms in total. The van der Waals surface area contributed by atoms with Gasteiger partial charge in [0.05, 0.1) is 6.61 Å². The van der Waals surface area contributed by atoms with Crippen LogP contribution in [0.3, 0.4) is 0 Å². The van der Waals surface area contributed by atoms with E-state index in [1.54, 1.807) is 0 Å². The van der Waals surface area contributed by atoms with Crippen LogP contribution in [0.5, 0.6) is 0 Å². The second-order valence-corrected chi connectivity index (χ2v) is 6.31. The first-order valence-electron chi connectivity index (χ1n) is 6.09. The van der Waals surface area contributed by atoms with E-state index in [1.807, 2.05) is 0 Å². The summed E-state index contributed by atoms with van der Waals surface area (Å²) >= 11 is 0. The van der Waals surface area contributed by atoms with Gasteiger partial charge in [0.15, 0.2) is 0 Å². The molecule has 1 heterocycles. The van der Waals surface area contributed by atoms with Crippen molar-refractivity contribution in [2.45, 2.75) is 17.4 Å². The van der Waals surface area contributed by atoms with E-state index in [9.17, 15) is 17.2 Å². The fourth-order valence-corrected chi connectivity index (χ4v) is 3.35. The van der Waals surface area contributed by atoms with Crippen LogP contribution in [0.25, 0.3) is 0 Å². The molecular formula is C13H14F2N2O3S. The third-order valence-electron chi connectivity index (χ3n) is 2.93. The molecule has 0 saturated heterocycles. The lowest BCUT2D eigenvalue weighted by molar-refractivity contribution is 0.264. The van der Waals surface area contributed by atoms with Gasteiger partial charge >= 0.3 is 0 Å². The number of halogens is 2. The summed E-state index contributed by atoms with van der Waals surface area (Å²) in [6, 6.07) is 4.60. The molecule has 0 radical (unpaired) electrons. The molecule has 0 aliphatic carbocycles. The number of aliphatic hydroxyl groups excluding tert-OH is 1. The summed E-state index contributed by atoms with van der Waals surface area (Å²) in [5.74, 6) is -2.03. The third kappa shape index (κ3) is 3.12. The number of aliphatic hydroxyl groups is 1. The molecule has 2 aromatic rings. The summed E-state index contributed by atoms with van der Waals surface area (Å²) in [5, 5.41) is 8.93. The highest BCUT2D eigenvalue weighted by Crippen LogP contribution is 2.21. The Kier molecular flexibility index (Phi) is 4.40. The molecular weight excluding hydrogens is 302 g/mol. The molecule has 0 fully saturated rings. The van der Waals surface area contributed by atoms with E-state index in [0.717, 1.165) is 16.1 Å². The molecule has 2 rings (SSSR count). The van der Waals surface area contributed by atoms with Gasteiger partial charge in [-0.1, -0.05) is 0 Å². The Morgan fingerprint density at radius 2 is 2.00 bits per heavy atom. The van der Waals surface area contributed by atoms with Gasteiger partial charge in [-0.2, -0.15) is 0 Å². The number of hydrogen-bond donors (Lipinski definition) is 2. The van der Waals surface area contributed by atoms with Gasteiger partial charge in [0.2, 0.25) is 0 Å². The van der Waals surface area contributed by atoms with Gasteiger partial charge in [-0.3, -0.25) is 0 Å². The van der Waals surface area contributed by atoms with E-state index >= 15 is 0 Å². The lowest BCUT2D eigenvalue weighted by Gasteiger charge is -2.13. The van der Waals surface area contributed by atoms with Crippen molar-refractivity contribution in [2.75, 3.05) is 6.61 Å². The summed E-state index contributed by atoms with van der Waals surface area (Å²) < 4.78 is 52.3. The SMILES string of the molecule is NC(CO)Cc1cccn1S(=O)(=O)c1ccc(F)cc1F. The average Bonchev–Trinajstić information content (AvgIpc) is 2.86. The summed E-state index contributed by atoms with van der Waals surface area (Å²) in [7, 11) is -4.19. The first-order valence-corrected chi connectivity index (χ1v) is 7.53. The molecule has 0 saturated carbocycles. The van der Waals surface area contributed by atoms with Crippen molar-refractivity contribution in [3.05, 3.63) is 53.9 Å². The number of aromatic nitrogens is 1. The smallest absolute Gasteiger partial charge is 0.270 e. The molecule has 0 aliphatic heterocycles. The Morgan fingerprint density at radius 3 is 2.62 bits per heavy atom. The predicted octanol–water partition coefficient (Wildman–Crippen LogP) is 0.865. The van der Waals surface area contributed by atoms with Gasteiger partial charge in [0, 0.05) is 30.4 Å². The van der Waals surface area contributed by atoms with Crippen molar-refractivity contribution in [1.29, 1.82) is 0 Å². The molecule has 0 aliphatic rings. The summed E-state index contributed by atoms with van der Waals surface area (Å²) in [5.41, 5.74) is 5.89. The van der Waals surface area contributed by atoms with E-state index in [1.165, 1.54) is 18.3 Å². The van der Waals surface area contributed by atoms with Crippen LogP contribution in [0.1, 0.15) is 5.69 Å². The molecule has 1 atom stereocenters. The van der Waals surface area contributed by atoms with Crippen LogP contribution in [0.4, 0.5) is 8.78 Å². The van der Waals surface area contributed by atoms with Crippen molar-refractivity contribution in [2.24, 2.45) is 5.73 Å². The molecule has 0 spiro atoms. The van der Waals surface area contributed by atoms with Crippen molar-refractivity contribution >= 4 is 10.0 Å². The van der Waals surface area contributed by atoms with Gasteiger partial charge in [0.25, 0.3) is 10.0 Å². The Bertz CT molecular complexity index is 744. The second-order valence-electron chi connectivity index (χ2n) is 4.52. The summed E-state index contributed by atoms with van der Waals surface area (Å²) in [4.78, 5) is -0.626. The molecule has 3 N–H and O–H groups in total. The molecule has 21 heavy (non-hydrogen) atoms. The minimum absolute atomic E-state index is 0.103. The first-order chi connectivity index (χ1) is 9.86. The Balaban J connectivity index is 2.47. The van der Waals surface area contributed by atoms with Gasteiger partial charge in [0.1, 0.15) is 16.5 Å². The quantitative estimate of drug-likeness (QED) is 0.857. The lowest BCUT2D eigenvalue weighted by Crippen LogP contribution is -2.29. The third-order valence-corrected chi connectivity index (χ3v) is 4.69. The van der Waals surface area contributed by atoms with Crippen molar-refractivity contribution < 1.29 is 22.3 Å². The average molecular weight is 316 g/mol. The lowest BCUT2D eigenvalue weighted by atomic mass is 10.2. The number of benzene rings is 1. The summed E-state index contributed by atoms with van der Waals surface area (Å²) in [6.07, 6.45) is 1.35. The maximum atomic E-state index is 13.7. The largest absolute Gasteiger partial charge is 0.395 e. The fraction of sp³-hybridized carbons (Fsp3) is 0.231. The normalized spacial score (nSPS) is 13.3. The van der Waals surface area contributed by atoms with Crippen molar-refractivity contribution in [3.8, 4) is 0 Å². The van der Waals surface area contributed by atoms with Gasteiger partial charge in [-0.25, -0.2) is 21.2 Å². The fourth-order valence-electron chi connectivity index (χ4n) is 1.92. The number of nitrogens with two attached hydrogens (primary N) is 1. The van der Waals surface area contributed by atoms with Crippen LogP contribution >= 0.6 is 0 Å². The maximum Gasteiger partial charge on any atom is 0.270 e. The predicted molar refractivity (Wildman–Crippen MR) is 72.1 cm³/mol. The minimum Gasteiger partial charge on any atom is -0.395 e. The standard InChI is InChI=1S/C13H14F2N2O3S/c14-9-3-4-13(12(15)6-9)21(19,20)17-5-1-2-11(17)7-10(16)8-18/h1-6,10,18H,7-8,16H2. The van der Waals surface area contributed by atoms with Crippen LogP contribution in [-0.4, -0.2) is 30.1 Å².